The molecule has 1 aliphatic carbocycles. The highest BCUT2D eigenvalue weighted by Gasteiger charge is 2.33. The lowest BCUT2D eigenvalue weighted by Gasteiger charge is -2.19. The predicted molar refractivity (Wildman–Crippen MR) is 61.8 cm³/mol. The Morgan fingerprint density at radius 3 is 2.56 bits per heavy atom. The van der Waals surface area contributed by atoms with Crippen LogP contribution in [-0.4, -0.2) is 18.9 Å². The van der Waals surface area contributed by atoms with Gasteiger partial charge in [0.05, 0.1) is 7.11 Å². The van der Waals surface area contributed by atoms with Crippen LogP contribution in [0.15, 0.2) is 12.2 Å². The van der Waals surface area contributed by atoms with Gasteiger partial charge in [0.1, 0.15) is 11.7 Å². The van der Waals surface area contributed by atoms with Gasteiger partial charge in [0.15, 0.2) is 0 Å². The molecule has 0 aromatic rings. The largest absolute Gasteiger partial charge is 0.468 e. The van der Waals surface area contributed by atoms with E-state index < -0.39 is 5.92 Å². The molecule has 0 saturated heterocycles. The molecule has 3 atom stereocenters. The van der Waals surface area contributed by atoms with Gasteiger partial charge in [-0.05, 0) is 24.7 Å². The van der Waals surface area contributed by atoms with Crippen LogP contribution in [0.25, 0.3) is 0 Å². The van der Waals surface area contributed by atoms with Crippen LogP contribution in [0.1, 0.15) is 33.1 Å². The highest BCUT2D eigenvalue weighted by molar-refractivity contribution is 5.99. The maximum absolute atomic E-state index is 12.0. The number of ketones is 1. The van der Waals surface area contributed by atoms with Crippen LogP contribution in [0.4, 0.5) is 0 Å². The molecule has 0 radical (unpaired) electrons. The van der Waals surface area contributed by atoms with Crippen LogP contribution < -0.4 is 0 Å². The van der Waals surface area contributed by atoms with Crippen molar-refractivity contribution in [3.05, 3.63) is 12.2 Å². The van der Waals surface area contributed by atoms with Gasteiger partial charge in [0.2, 0.25) is 0 Å². The molecule has 0 aromatic carbocycles. The van der Waals surface area contributed by atoms with Crippen molar-refractivity contribution in [3.8, 4) is 0 Å². The van der Waals surface area contributed by atoms with E-state index in [0.29, 0.717) is 12.3 Å². The maximum atomic E-state index is 12.0. The molecule has 0 heterocycles. The summed E-state index contributed by atoms with van der Waals surface area (Å²) < 4.78 is 4.72. The predicted octanol–water partition coefficient (Wildman–Crippen LogP) is 2.36. The lowest BCUT2D eigenvalue weighted by Crippen LogP contribution is -2.31. The zero-order valence-electron chi connectivity index (χ0n) is 10.2. The van der Waals surface area contributed by atoms with Gasteiger partial charge in [-0.2, -0.15) is 0 Å². The number of allylic oxidation sites excluding steroid dienone is 2. The fourth-order valence-electron chi connectivity index (χ4n) is 2.14. The Morgan fingerprint density at radius 2 is 1.94 bits per heavy atom. The fourth-order valence-corrected chi connectivity index (χ4v) is 2.14. The molecule has 0 saturated carbocycles. The van der Waals surface area contributed by atoms with Crippen LogP contribution in [0.2, 0.25) is 0 Å². The van der Waals surface area contributed by atoms with Gasteiger partial charge in [-0.3, -0.25) is 9.59 Å². The first-order chi connectivity index (χ1) is 7.56. The molecule has 0 fully saturated rings. The molecule has 0 N–H and O–H groups in total. The van der Waals surface area contributed by atoms with E-state index in [1.165, 1.54) is 7.11 Å². The molecule has 0 bridgehead atoms. The maximum Gasteiger partial charge on any atom is 0.316 e. The van der Waals surface area contributed by atoms with Crippen LogP contribution in [-0.2, 0) is 14.3 Å². The normalized spacial score (nSPS) is 33.4. The number of methoxy groups -OCH3 is 1. The van der Waals surface area contributed by atoms with E-state index in [2.05, 4.69) is 12.2 Å². The second-order valence-electron chi connectivity index (χ2n) is 4.70. The highest BCUT2D eigenvalue weighted by atomic mass is 16.5. The minimum atomic E-state index is -0.588. The van der Waals surface area contributed by atoms with Crippen LogP contribution in [0.5, 0.6) is 0 Å². The van der Waals surface area contributed by atoms with Crippen molar-refractivity contribution >= 4 is 11.8 Å². The minimum Gasteiger partial charge on any atom is -0.468 e. The fraction of sp³-hybridized carbons (Fsp3) is 0.692. The summed E-state index contributed by atoms with van der Waals surface area (Å²) in [7, 11) is 1.34. The zero-order chi connectivity index (χ0) is 12.1. The first kappa shape index (κ1) is 12.9. The molecular weight excluding hydrogens is 204 g/mol. The number of ether oxygens (including phenoxy) is 1. The summed E-state index contributed by atoms with van der Waals surface area (Å²) in [6.45, 7) is 3.96. The van der Waals surface area contributed by atoms with Crippen molar-refractivity contribution in [3.63, 3.8) is 0 Å². The molecule has 0 unspecified atom stereocenters. The molecule has 3 nitrogen and oxygen atoms in total. The molecule has 3 heteroatoms. The number of hydrogen-bond acceptors (Lipinski definition) is 3. The third-order valence-electron chi connectivity index (χ3n) is 3.13. The first-order valence-corrected chi connectivity index (χ1v) is 5.81. The van der Waals surface area contributed by atoms with Gasteiger partial charge in [-0.1, -0.05) is 26.0 Å². The van der Waals surface area contributed by atoms with Crippen molar-refractivity contribution in [1.29, 1.82) is 0 Å². The summed E-state index contributed by atoms with van der Waals surface area (Å²) in [5.41, 5.74) is 0. The molecule has 0 aliphatic heterocycles. The van der Waals surface area contributed by atoms with Gasteiger partial charge in [0.25, 0.3) is 0 Å². The van der Waals surface area contributed by atoms with E-state index in [-0.39, 0.29) is 17.7 Å². The van der Waals surface area contributed by atoms with Crippen LogP contribution in [0.3, 0.4) is 0 Å². The lowest BCUT2D eigenvalue weighted by molar-refractivity contribution is -0.151. The van der Waals surface area contributed by atoms with Crippen LogP contribution in [0, 0.1) is 17.8 Å². The van der Waals surface area contributed by atoms with Gasteiger partial charge in [-0.15, -0.1) is 0 Å². The number of carbonyl (C=O) groups is 2. The van der Waals surface area contributed by atoms with Crippen LogP contribution >= 0.6 is 0 Å². The third-order valence-corrected chi connectivity index (χ3v) is 3.13. The topological polar surface area (TPSA) is 43.4 Å². The Hall–Kier alpha value is -1.12. The molecule has 0 aromatic heterocycles. The average Bonchev–Trinajstić information content (AvgIpc) is 2.28. The Bertz CT molecular complexity index is 294. The van der Waals surface area contributed by atoms with Crippen molar-refractivity contribution in [1.82, 2.24) is 0 Å². The summed E-state index contributed by atoms with van der Waals surface area (Å²) in [4.78, 5) is 23.6. The Balaban J connectivity index is 2.86. The summed E-state index contributed by atoms with van der Waals surface area (Å²) in [5.74, 6) is -0.617. The molecule has 1 rings (SSSR count). The lowest BCUT2D eigenvalue weighted by atomic mass is 9.85. The molecule has 1 aliphatic rings. The van der Waals surface area contributed by atoms with Crippen molar-refractivity contribution in [2.75, 3.05) is 7.11 Å². The van der Waals surface area contributed by atoms with Crippen molar-refractivity contribution in [2.45, 2.75) is 33.1 Å². The molecule has 90 valence electrons. The summed E-state index contributed by atoms with van der Waals surface area (Å²) >= 11 is 0. The van der Waals surface area contributed by atoms with Gasteiger partial charge < -0.3 is 4.74 Å². The summed E-state index contributed by atoms with van der Waals surface area (Å²) in [6.07, 6.45) is 6.31. The van der Waals surface area contributed by atoms with E-state index in [1.54, 1.807) is 0 Å². The van der Waals surface area contributed by atoms with Crippen molar-refractivity contribution in [2.24, 2.45) is 17.8 Å². The summed E-state index contributed by atoms with van der Waals surface area (Å²) in [6, 6.07) is 0. The standard InChI is InChI=1S/C13H20O3/c1-9-6-4-5-7-10(2)12(11(14)8-9)13(15)16-3/h4-5,9-10,12H,6-8H2,1-3H3/b5-4+/t9-,10-,12-/m0/s1. The molecule has 16 heavy (non-hydrogen) atoms. The summed E-state index contributed by atoms with van der Waals surface area (Å²) in [5, 5.41) is 0. The second kappa shape index (κ2) is 5.83. The third kappa shape index (κ3) is 3.19. The molecule has 0 amide bonds. The number of Topliss-reactive ketones (excluding diaryl/α,β-unsaturated/α-hetero) is 1. The smallest absolute Gasteiger partial charge is 0.316 e. The molecule has 0 spiro atoms. The van der Waals surface area contributed by atoms with E-state index in [0.717, 1.165) is 12.8 Å². The van der Waals surface area contributed by atoms with E-state index in [9.17, 15) is 9.59 Å². The number of rotatable bonds is 1. The Labute approximate surface area is 96.9 Å². The number of esters is 1. The highest BCUT2D eigenvalue weighted by Crippen LogP contribution is 2.25. The Morgan fingerprint density at radius 1 is 1.31 bits per heavy atom. The minimum absolute atomic E-state index is 0.0237. The monoisotopic (exact) mass is 224 g/mol. The molecular formula is C13H20O3. The van der Waals surface area contributed by atoms with E-state index in [4.69, 9.17) is 4.74 Å². The average molecular weight is 224 g/mol. The Kier molecular flexibility index (Phi) is 4.71. The number of carbonyl (C=O) groups excluding carboxylic acids is 2. The second-order valence-corrected chi connectivity index (χ2v) is 4.70. The zero-order valence-corrected chi connectivity index (χ0v) is 10.2. The number of hydrogen-bond donors (Lipinski definition) is 0. The SMILES string of the molecule is COC(=O)[C@@H]1C(=O)C[C@@H](C)C/C=C/C[C@@H]1C. The first-order valence-electron chi connectivity index (χ1n) is 5.81. The van der Waals surface area contributed by atoms with E-state index in [1.807, 2.05) is 13.8 Å². The quantitative estimate of drug-likeness (QED) is 0.390. The van der Waals surface area contributed by atoms with Crippen molar-refractivity contribution < 1.29 is 14.3 Å². The van der Waals surface area contributed by atoms with Gasteiger partial charge in [-0.25, -0.2) is 0 Å². The van der Waals surface area contributed by atoms with Gasteiger partial charge >= 0.3 is 5.97 Å². The van der Waals surface area contributed by atoms with E-state index >= 15 is 0 Å². The van der Waals surface area contributed by atoms with Gasteiger partial charge in [0, 0.05) is 6.42 Å².